The van der Waals surface area contributed by atoms with E-state index in [1.165, 1.54) is 11.3 Å². The Morgan fingerprint density at radius 3 is 2.28 bits per heavy atom. The minimum Gasteiger partial charge on any atom is -0.432 e. The van der Waals surface area contributed by atoms with Crippen molar-refractivity contribution >= 4 is 23.5 Å². The minimum atomic E-state index is -0.544. The molecular formula is C24H23NO4. The Morgan fingerprint density at radius 2 is 1.69 bits per heavy atom. The zero-order chi connectivity index (χ0) is 20.0. The number of benzene rings is 1. The number of carbonyl (C=O) groups excluding carboxylic acids is 3. The number of fused-ring (bicyclic) bond motifs is 12. The molecule has 5 aliphatic rings. The van der Waals surface area contributed by atoms with Crippen LogP contribution in [0.1, 0.15) is 28.8 Å². The number of rotatable bonds is 3. The van der Waals surface area contributed by atoms with Gasteiger partial charge in [0.25, 0.3) is 0 Å². The van der Waals surface area contributed by atoms with Crippen molar-refractivity contribution in [2.24, 2.45) is 47.3 Å². The Kier molecular flexibility index (Phi) is 3.37. The van der Waals surface area contributed by atoms with Gasteiger partial charge in [0.05, 0.1) is 29.3 Å². The Bertz CT molecular complexity index is 968. The highest BCUT2D eigenvalue weighted by molar-refractivity contribution is 6.23. The molecule has 4 bridgehead atoms. The molecule has 5 nitrogen and oxygen atoms in total. The molecule has 0 N–H and O–H groups in total. The van der Waals surface area contributed by atoms with Crippen LogP contribution in [0.15, 0.2) is 43.2 Å². The highest BCUT2D eigenvalue weighted by Crippen LogP contribution is 2.70. The van der Waals surface area contributed by atoms with Gasteiger partial charge in [-0.2, -0.15) is 0 Å². The van der Waals surface area contributed by atoms with E-state index in [1.54, 1.807) is 18.2 Å². The number of amides is 2. The lowest BCUT2D eigenvalue weighted by molar-refractivity contribution is -0.123. The summed E-state index contributed by atoms with van der Waals surface area (Å²) in [6.45, 7) is 5.27. The third-order valence-corrected chi connectivity index (χ3v) is 8.31. The largest absolute Gasteiger partial charge is 0.432 e. The Hall–Kier alpha value is -2.69. The standard InChI is InChI=1S/C24H23NO4/c1-3-29-24(28)14-5-4-11(2)17(9-14)25-22(26)20-15-10-16(21(20)23(25)27)19-13-7-6-12(8-13)18(15)19/h3-7,9,12-13,15-16,18-21H,1,8,10H2,2H3. The second-order valence-corrected chi connectivity index (χ2v) is 9.30. The summed E-state index contributed by atoms with van der Waals surface area (Å²) in [6, 6.07) is 5.01. The van der Waals surface area contributed by atoms with E-state index < -0.39 is 5.97 Å². The van der Waals surface area contributed by atoms with Crippen LogP contribution in [0.3, 0.4) is 0 Å². The van der Waals surface area contributed by atoms with Crippen LogP contribution in [-0.4, -0.2) is 17.8 Å². The van der Waals surface area contributed by atoms with Gasteiger partial charge in [0.2, 0.25) is 11.8 Å². The summed E-state index contributed by atoms with van der Waals surface area (Å²) < 4.78 is 4.87. The van der Waals surface area contributed by atoms with Crippen LogP contribution in [0.2, 0.25) is 0 Å². The molecule has 6 rings (SSSR count). The molecule has 1 saturated heterocycles. The second-order valence-electron chi connectivity index (χ2n) is 9.30. The van der Waals surface area contributed by atoms with Crippen molar-refractivity contribution in [3.8, 4) is 0 Å². The van der Waals surface area contributed by atoms with Crippen LogP contribution in [0.5, 0.6) is 0 Å². The number of nitrogens with zero attached hydrogens (tertiary/aromatic N) is 1. The number of imide groups is 1. The molecular weight excluding hydrogens is 366 g/mol. The highest BCUT2D eigenvalue weighted by atomic mass is 16.5. The number of carbonyl (C=O) groups is 3. The van der Waals surface area contributed by atoms with Crippen LogP contribution >= 0.6 is 0 Å². The number of anilines is 1. The zero-order valence-electron chi connectivity index (χ0n) is 16.3. The number of aryl methyl sites for hydroxylation is 1. The number of esters is 1. The maximum atomic E-state index is 13.5. The van der Waals surface area contributed by atoms with Crippen LogP contribution in [0, 0.1) is 54.3 Å². The van der Waals surface area contributed by atoms with E-state index in [-0.39, 0.29) is 23.7 Å². The summed E-state index contributed by atoms with van der Waals surface area (Å²) in [4.78, 5) is 40.5. The summed E-state index contributed by atoms with van der Waals surface area (Å²) in [5.41, 5.74) is 1.62. The van der Waals surface area contributed by atoms with Gasteiger partial charge >= 0.3 is 5.97 Å². The highest BCUT2D eigenvalue weighted by Gasteiger charge is 2.71. The smallest absolute Gasteiger partial charge is 0.342 e. The molecule has 4 aliphatic carbocycles. The number of hydrogen-bond donors (Lipinski definition) is 0. The van der Waals surface area contributed by atoms with Crippen molar-refractivity contribution in [1.82, 2.24) is 0 Å². The van der Waals surface area contributed by atoms with Crippen molar-refractivity contribution in [2.75, 3.05) is 4.90 Å². The van der Waals surface area contributed by atoms with Gasteiger partial charge in [-0.15, -0.1) is 0 Å². The normalized spacial score (nSPS) is 40.5. The molecule has 2 amide bonds. The van der Waals surface area contributed by atoms with Crippen LogP contribution in [0.25, 0.3) is 0 Å². The SMILES string of the molecule is C=COC(=O)c1ccc(C)c(N2C(=O)C3C4CC(C3C2=O)C2C3C=CC(C3)C42)c1. The summed E-state index contributed by atoms with van der Waals surface area (Å²) in [5, 5.41) is 0. The van der Waals surface area contributed by atoms with Gasteiger partial charge in [-0.25, -0.2) is 9.69 Å². The van der Waals surface area contributed by atoms with Gasteiger partial charge in [-0.3, -0.25) is 9.59 Å². The predicted molar refractivity (Wildman–Crippen MR) is 106 cm³/mol. The lowest BCUT2D eigenvalue weighted by Gasteiger charge is -2.36. The molecule has 1 aromatic carbocycles. The fraction of sp³-hybridized carbons (Fsp3) is 0.458. The fourth-order valence-electron chi connectivity index (χ4n) is 7.48. The maximum absolute atomic E-state index is 13.5. The van der Waals surface area contributed by atoms with E-state index in [4.69, 9.17) is 4.74 Å². The molecule has 8 unspecified atom stereocenters. The van der Waals surface area contributed by atoms with E-state index in [0.717, 1.165) is 18.2 Å². The van der Waals surface area contributed by atoms with E-state index in [9.17, 15) is 14.4 Å². The lowest BCUT2D eigenvalue weighted by Crippen LogP contribution is -2.38. The Labute approximate surface area is 169 Å². The minimum absolute atomic E-state index is 0.0740. The quantitative estimate of drug-likeness (QED) is 0.261. The zero-order valence-corrected chi connectivity index (χ0v) is 16.3. The van der Waals surface area contributed by atoms with E-state index in [2.05, 4.69) is 18.7 Å². The number of allylic oxidation sites excluding steroid dienone is 2. The summed E-state index contributed by atoms with van der Waals surface area (Å²) in [5.74, 6) is 1.91. The first-order chi connectivity index (χ1) is 14.0. The number of hydrogen-bond acceptors (Lipinski definition) is 4. The van der Waals surface area contributed by atoms with Crippen LogP contribution < -0.4 is 4.90 Å². The van der Waals surface area contributed by atoms with Crippen molar-refractivity contribution in [3.05, 3.63) is 54.3 Å². The van der Waals surface area contributed by atoms with Crippen molar-refractivity contribution in [3.63, 3.8) is 0 Å². The summed E-state index contributed by atoms with van der Waals surface area (Å²) >= 11 is 0. The molecule has 0 aromatic heterocycles. The third kappa shape index (κ3) is 2.03. The van der Waals surface area contributed by atoms with Crippen molar-refractivity contribution in [2.45, 2.75) is 19.8 Å². The van der Waals surface area contributed by atoms with Gasteiger partial charge in [0.1, 0.15) is 0 Å². The van der Waals surface area contributed by atoms with E-state index >= 15 is 0 Å². The average molecular weight is 389 g/mol. The third-order valence-electron chi connectivity index (χ3n) is 8.31. The van der Waals surface area contributed by atoms with E-state index in [0.29, 0.717) is 46.8 Å². The summed E-state index contributed by atoms with van der Waals surface area (Å²) in [6.07, 6.45) is 8.01. The van der Waals surface area contributed by atoms with Gasteiger partial charge in [-0.05, 0) is 73.0 Å². The molecule has 1 aromatic rings. The molecule has 1 heterocycles. The first-order valence-electron chi connectivity index (χ1n) is 10.5. The monoisotopic (exact) mass is 389 g/mol. The molecule has 1 aliphatic heterocycles. The Balaban J connectivity index is 1.37. The van der Waals surface area contributed by atoms with Crippen molar-refractivity contribution in [1.29, 1.82) is 0 Å². The topological polar surface area (TPSA) is 63.7 Å². The van der Waals surface area contributed by atoms with Crippen LogP contribution in [-0.2, 0) is 14.3 Å². The number of ether oxygens (including phenoxy) is 1. The fourth-order valence-corrected chi connectivity index (χ4v) is 7.48. The molecule has 8 atom stereocenters. The molecule has 0 radical (unpaired) electrons. The molecule has 0 spiro atoms. The van der Waals surface area contributed by atoms with Crippen LogP contribution in [0.4, 0.5) is 5.69 Å². The van der Waals surface area contributed by atoms with Gasteiger partial charge in [0, 0.05) is 0 Å². The molecule has 4 fully saturated rings. The molecule has 148 valence electrons. The van der Waals surface area contributed by atoms with Gasteiger partial charge in [0.15, 0.2) is 0 Å². The summed E-state index contributed by atoms with van der Waals surface area (Å²) in [7, 11) is 0. The lowest BCUT2D eigenvalue weighted by atomic mass is 9.65. The molecule has 29 heavy (non-hydrogen) atoms. The maximum Gasteiger partial charge on any atom is 0.342 e. The first-order valence-corrected chi connectivity index (χ1v) is 10.5. The predicted octanol–water partition coefficient (Wildman–Crippen LogP) is 3.49. The molecule has 3 saturated carbocycles. The second kappa shape index (κ2) is 5.68. The van der Waals surface area contributed by atoms with E-state index in [1.807, 2.05) is 6.92 Å². The van der Waals surface area contributed by atoms with Crippen molar-refractivity contribution < 1.29 is 19.1 Å². The van der Waals surface area contributed by atoms with Gasteiger partial charge < -0.3 is 4.74 Å². The Morgan fingerprint density at radius 1 is 1.07 bits per heavy atom. The molecule has 5 heteroatoms. The average Bonchev–Trinajstić information content (AvgIpc) is 3.49. The first kappa shape index (κ1) is 17.2. The van der Waals surface area contributed by atoms with Gasteiger partial charge in [-0.1, -0.05) is 24.8 Å².